The largest absolute Gasteiger partial charge is 0.396 e. The highest BCUT2D eigenvalue weighted by atomic mass is 16.5. The number of ether oxygens (including phenoxy) is 1. The lowest BCUT2D eigenvalue weighted by atomic mass is 10.1. The highest BCUT2D eigenvalue weighted by molar-refractivity contribution is 5.77. The number of morpholine rings is 1. The van der Waals surface area contributed by atoms with Gasteiger partial charge in [-0.25, -0.2) is 0 Å². The first-order valence-electron chi connectivity index (χ1n) is 6.00. The average Bonchev–Trinajstić information content (AvgIpc) is 2.79. The van der Waals surface area contributed by atoms with Crippen molar-refractivity contribution in [2.45, 2.75) is 18.9 Å². The predicted molar refractivity (Wildman–Crippen MR) is 59.0 cm³/mol. The van der Waals surface area contributed by atoms with Crippen LogP contribution in [0.3, 0.4) is 0 Å². The standard InChI is InChI=1S/C11H20N2O3/c14-8-9-1-3-13(7-9)11(15)5-10-6-12-2-4-16-10/h9-10,12,14H,1-8H2. The van der Waals surface area contributed by atoms with Crippen LogP contribution in [0, 0.1) is 5.92 Å². The van der Waals surface area contributed by atoms with Gasteiger partial charge in [0.2, 0.25) is 5.91 Å². The van der Waals surface area contributed by atoms with Crippen LogP contribution in [0.15, 0.2) is 0 Å². The molecule has 92 valence electrons. The van der Waals surface area contributed by atoms with Gasteiger partial charge in [-0.3, -0.25) is 4.79 Å². The Morgan fingerprint density at radius 3 is 3.06 bits per heavy atom. The van der Waals surface area contributed by atoms with Crippen molar-refractivity contribution >= 4 is 5.91 Å². The van der Waals surface area contributed by atoms with Gasteiger partial charge in [0.25, 0.3) is 0 Å². The average molecular weight is 228 g/mol. The maximum atomic E-state index is 11.9. The molecule has 2 N–H and O–H groups in total. The second-order valence-electron chi connectivity index (χ2n) is 4.58. The molecule has 16 heavy (non-hydrogen) atoms. The molecular weight excluding hydrogens is 208 g/mol. The number of likely N-dealkylation sites (tertiary alicyclic amines) is 1. The van der Waals surface area contributed by atoms with E-state index >= 15 is 0 Å². The third-order valence-electron chi connectivity index (χ3n) is 3.30. The molecule has 5 nitrogen and oxygen atoms in total. The van der Waals surface area contributed by atoms with Crippen molar-refractivity contribution in [3.8, 4) is 0 Å². The second kappa shape index (κ2) is 5.61. The zero-order chi connectivity index (χ0) is 11.4. The molecule has 5 heteroatoms. The van der Waals surface area contributed by atoms with Crippen molar-refractivity contribution in [3.05, 3.63) is 0 Å². The summed E-state index contributed by atoms with van der Waals surface area (Å²) in [6.45, 7) is 4.01. The maximum Gasteiger partial charge on any atom is 0.225 e. The van der Waals surface area contributed by atoms with Crippen molar-refractivity contribution in [3.63, 3.8) is 0 Å². The Labute approximate surface area is 95.8 Å². The van der Waals surface area contributed by atoms with Crippen molar-refractivity contribution in [1.82, 2.24) is 10.2 Å². The fourth-order valence-electron chi connectivity index (χ4n) is 2.28. The second-order valence-corrected chi connectivity index (χ2v) is 4.58. The summed E-state index contributed by atoms with van der Waals surface area (Å²) in [6.07, 6.45) is 1.41. The number of aliphatic hydroxyl groups excluding tert-OH is 1. The molecule has 0 bridgehead atoms. The highest BCUT2D eigenvalue weighted by Gasteiger charge is 2.27. The van der Waals surface area contributed by atoms with Gasteiger partial charge < -0.3 is 20.1 Å². The van der Waals surface area contributed by atoms with Gasteiger partial charge in [0.15, 0.2) is 0 Å². The molecule has 0 aromatic heterocycles. The predicted octanol–water partition coefficient (Wildman–Crippen LogP) is -0.794. The minimum Gasteiger partial charge on any atom is -0.396 e. The minimum atomic E-state index is 0.0226. The van der Waals surface area contributed by atoms with Gasteiger partial charge in [-0.15, -0.1) is 0 Å². The Hall–Kier alpha value is -0.650. The Balaban J connectivity index is 1.75. The van der Waals surface area contributed by atoms with Crippen LogP contribution in [0.1, 0.15) is 12.8 Å². The molecule has 0 saturated carbocycles. The maximum absolute atomic E-state index is 11.9. The van der Waals surface area contributed by atoms with Gasteiger partial charge >= 0.3 is 0 Å². The molecule has 0 aromatic rings. The van der Waals surface area contributed by atoms with E-state index in [4.69, 9.17) is 9.84 Å². The van der Waals surface area contributed by atoms with E-state index in [9.17, 15) is 4.79 Å². The Morgan fingerprint density at radius 2 is 2.44 bits per heavy atom. The molecule has 2 unspecified atom stereocenters. The van der Waals surface area contributed by atoms with Gasteiger partial charge in [0.1, 0.15) is 0 Å². The van der Waals surface area contributed by atoms with E-state index in [1.807, 2.05) is 4.90 Å². The van der Waals surface area contributed by atoms with Crippen molar-refractivity contribution < 1.29 is 14.6 Å². The number of carbonyl (C=O) groups is 1. The Bertz CT molecular complexity index is 241. The number of carbonyl (C=O) groups excluding carboxylic acids is 1. The van der Waals surface area contributed by atoms with Gasteiger partial charge in [-0.1, -0.05) is 0 Å². The fourth-order valence-corrected chi connectivity index (χ4v) is 2.28. The van der Waals surface area contributed by atoms with Crippen LogP contribution < -0.4 is 5.32 Å². The first kappa shape index (κ1) is 11.8. The molecule has 2 rings (SSSR count). The minimum absolute atomic E-state index is 0.0226. The first-order chi connectivity index (χ1) is 7.79. The lowest BCUT2D eigenvalue weighted by Crippen LogP contribution is -2.42. The van der Waals surface area contributed by atoms with Crippen molar-refractivity contribution in [2.24, 2.45) is 5.92 Å². The van der Waals surface area contributed by atoms with E-state index in [0.717, 1.165) is 26.1 Å². The summed E-state index contributed by atoms with van der Waals surface area (Å²) in [5.41, 5.74) is 0. The fraction of sp³-hybridized carbons (Fsp3) is 0.909. The quantitative estimate of drug-likeness (QED) is 0.664. The van der Waals surface area contributed by atoms with Crippen LogP contribution in [-0.4, -0.2) is 61.4 Å². The van der Waals surface area contributed by atoms with Gasteiger partial charge in [-0.05, 0) is 6.42 Å². The normalized spacial score (nSPS) is 30.7. The molecule has 2 aliphatic heterocycles. The van der Waals surface area contributed by atoms with Gasteiger partial charge in [0, 0.05) is 38.7 Å². The van der Waals surface area contributed by atoms with Gasteiger partial charge in [-0.2, -0.15) is 0 Å². The number of nitrogens with zero attached hydrogens (tertiary/aromatic N) is 1. The van der Waals surface area contributed by atoms with Crippen LogP contribution in [-0.2, 0) is 9.53 Å². The number of amides is 1. The monoisotopic (exact) mass is 228 g/mol. The summed E-state index contributed by atoms with van der Waals surface area (Å²) in [4.78, 5) is 13.8. The van der Waals surface area contributed by atoms with Crippen LogP contribution in [0.5, 0.6) is 0 Å². The van der Waals surface area contributed by atoms with E-state index in [-0.39, 0.29) is 24.5 Å². The Kier molecular flexibility index (Phi) is 4.15. The number of rotatable bonds is 3. The van der Waals surface area contributed by atoms with E-state index in [0.29, 0.717) is 19.6 Å². The molecular formula is C11H20N2O3. The third kappa shape index (κ3) is 2.93. The summed E-state index contributed by atoms with van der Waals surface area (Å²) >= 11 is 0. The van der Waals surface area contributed by atoms with E-state index in [1.54, 1.807) is 0 Å². The summed E-state index contributed by atoms with van der Waals surface area (Å²) < 4.78 is 5.50. The summed E-state index contributed by atoms with van der Waals surface area (Å²) in [6, 6.07) is 0. The number of nitrogens with one attached hydrogen (secondary N) is 1. The zero-order valence-corrected chi connectivity index (χ0v) is 9.52. The summed E-state index contributed by atoms with van der Waals surface area (Å²) in [7, 11) is 0. The molecule has 2 saturated heterocycles. The lowest BCUT2D eigenvalue weighted by molar-refractivity contribution is -0.133. The zero-order valence-electron chi connectivity index (χ0n) is 9.52. The molecule has 0 aliphatic carbocycles. The molecule has 0 radical (unpaired) electrons. The van der Waals surface area contributed by atoms with E-state index in [2.05, 4.69) is 5.32 Å². The smallest absolute Gasteiger partial charge is 0.225 e. The lowest BCUT2D eigenvalue weighted by Gasteiger charge is -2.25. The van der Waals surface area contributed by atoms with Crippen LogP contribution in [0.25, 0.3) is 0 Å². The molecule has 0 spiro atoms. The summed E-state index contributed by atoms with van der Waals surface area (Å²) in [5.74, 6) is 0.430. The highest BCUT2D eigenvalue weighted by Crippen LogP contribution is 2.17. The molecule has 1 amide bonds. The molecule has 0 aromatic carbocycles. The van der Waals surface area contributed by atoms with Gasteiger partial charge in [0.05, 0.1) is 19.1 Å². The van der Waals surface area contributed by atoms with Crippen LogP contribution >= 0.6 is 0 Å². The van der Waals surface area contributed by atoms with Crippen LogP contribution in [0.2, 0.25) is 0 Å². The molecule has 2 heterocycles. The number of hydrogen-bond donors (Lipinski definition) is 2. The van der Waals surface area contributed by atoms with E-state index in [1.165, 1.54) is 0 Å². The van der Waals surface area contributed by atoms with Crippen molar-refractivity contribution in [1.29, 1.82) is 0 Å². The molecule has 2 fully saturated rings. The molecule has 2 aliphatic rings. The third-order valence-corrected chi connectivity index (χ3v) is 3.30. The first-order valence-corrected chi connectivity index (χ1v) is 6.00. The van der Waals surface area contributed by atoms with E-state index < -0.39 is 0 Å². The van der Waals surface area contributed by atoms with Crippen LogP contribution in [0.4, 0.5) is 0 Å². The van der Waals surface area contributed by atoms with Crippen molar-refractivity contribution in [2.75, 3.05) is 39.4 Å². The SMILES string of the molecule is O=C(CC1CNCCO1)N1CCC(CO)C1. The number of hydrogen-bond acceptors (Lipinski definition) is 4. The molecule has 2 atom stereocenters. The number of aliphatic hydroxyl groups is 1. The topological polar surface area (TPSA) is 61.8 Å². The Morgan fingerprint density at radius 1 is 1.56 bits per heavy atom. The summed E-state index contributed by atoms with van der Waals surface area (Å²) in [5, 5.41) is 12.2.